The van der Waals surface area contributed by atoms with Crippen LogP contribution in [0.1, 0.15) is 39.0 Å². The maximum Gasteiger partial charge on any atom is 0.100 e. The van der Waals surface area contributed by atoms with Gasteiger partial charge in [0.1, 0.15) is 6.17 Å². The third-order valence-electron chi connectivity index (χ3n) is 2.30. The van der Waals surface area contributed by atoms with Crippen molar-refractivity contribution in [2.75, 3.05) is 0 Å². The van der Waals surface area contributed by atoms with Crippen LogP contribution in [0.4, 0.5) is 4.39 Å². The summed E-state index contributed by atoms with van der Waals surface area (Å²) in [4.78, 5) is 0. The van der Waals surface area contributed by atoms with Gasteiger partial charge in [-0.3, -0.25) is 0 Å². The van der Waals surface area contributed by atoms with Gasteiger partial charge in [-0.1, -0.05) is 26.2 Å². The summed E-state index contributed by atoms with van der Waals surface area (Å²) in [7, 11) is 0. The Morgan fingerprint density at radius 2 is 2.22 bits per heavy atom. The van der Waals surface area contributed by atoms with E-state index in [0.717, 1.165) is 19.3 Å². The van der Waals surface area contributed by atoms with Crippen LogP contribution in [0.25, 0.3) is 0 Å². The molecule has 0 aliphatic heterocycles. The van der Waals surface area contributed by atoms with Gasteiger partial charge in [0.25, 0.3) is 0 Å². The smallest absolute Gasteiger partial charge is 0.100 e. The molecule has 0 nitrogen and oxygen atoms in total. The molecule has 1 fully saturated rings. The molecule has 1 saturated carbocycles. The molecule has 0 amide bonds. The van der Waals surface area contributed by atoms with Crippen molar-refractivity contribution in [3.05, 3.63) is 0 Å². The lowest BCUT2D eigenvalue weighted by Gasteiger charge is -2.22. The van der Waals surface area contributed by atoms with Crippen molar-refractivity contribution in [3.8, 4) is 0 Å². The first kappa shape index (κ1) is 7.04. The van der Waals surface area contributed by atoms with Gasteiger partial charge in [-0.05, 0) is 18.8 Å². The molecule has 9 heavy (non-hydrogen) atoms. The summed E-state index contributed by atoms with van der Waals surface area (Å²) < 4.78 is 12.6. The van der Waals surface area contributed by atoms with E-state index in [-0.39, 0.29) is 0 Å². The zero-order chi connectivity index (χ0) is 6.69. The highest BCUT2D eigenvalue weighted by atomic mass is 19.1. The second kappa shape index (κ2) is 3.19. The van der Waals surface area contributed by atoms with Gasteiger partial charge in [-0.15, -0.1) is 0 Å². The van der Waals surface area contributed by atoms with E-state index in [0.29, 0.717) is 5.92 Å². The van der Waals surface area contributed by atoms with Crippen LogP contribution in [0.3, 0.4) is 0 Å². The second-order valence-corrected chi connectivity index (χ2v) is 3.04. The Morgan fingerprint density at radius 3 is 2.67 bits per heavy atom. The largest absolute Gasteiger partial charge is 0.247 e. The highest BCUT2D eigenvalue weighted by molar-refractivity contribution is 4.70. The summed E-state index contributed by atoms with van der Waals surface area (Å²) in [5.41, 5.74) is 0. The maximum atomic E-state index is 12.6. The molecule has 1 aliphatic carbocycles. The van der Waals surface area contributed by atoms with E-state index in [4.69, 9.17) is 0 Å². The van der Waals surface area contributed by atoms with Crippen LogP contribution in [-0.2, 0) is 0 Å². The van der Waals surface area contributed by atoms with Crippen molar-refractivity contribution in [1.29, 1.82) is 0 Å². The number of halogens is 1. The highest BCUT2D eigenvalue weighted by Gasteiger charge is 2.19. The van der Waals surface area contributed by atoms with Gasteiger partial charge in [-0.2, -0.15) is 0 Å². The van der Waals surface area contributed by atoms with Gasteiger partial charge < -0.3 is 0 Å². The molecule has 0 radical (unpaired) electrons. The summed E-state index contributed by atoms with van der Waals surface area (Å²) in [6.07, 6.45) is 4.70. The van der Waals surface area contributed by atoms with Crippen LogP contribution >= 0.6 is 0 Å². The third kappa shape index (κ3) is 1.96. The van der Waals surface area contributed by atoms with Gasteiger partial charge in [0.15, 0.2) is 0 Å². The minimum Gasteiger partial charge on any atom is -0.247 e. The molecule has 0 saturated heterocycles. The van der Waals surface area contributed by atoms with Crippen molar-refractivity contribution in [1.82, 2.24) is 0 Å². The molecule has 1 heteroatoms. The molecule has 0 bridgehead atoms. The lowest BCUT2D eigenvalue weighted by atomic mass is 9.86. The Kier molecular flexibility index (Phi) is 2.49. The maximum absolute atomic E-state index is 12.6. The first-order valence-electron chi connectivity index (χ1n) is 3.97. The van der Waals surface area contributed by atoms with Crippen LogP contribution in [0.15, 0.2) is 0 Å². The highest BCUT2D eigenvalue weighted by Crippen LogP contribution is 2.27. The summed E-state index contributed by atoms with van der Waals surface area (Å²) in [6, 6.07) is 0. The molecular weight excluding hydrogens is 115 g/mol. The zero-order valence-electron chi connectivity index (χ0n) is 6.07. The molecule has 0 unspecified atom stereocenters. The van der Waals surface area contributed by atoms with E-state index in [1.807, 2.05) is 0 Å². The number of alkyl halides is 1. The average molecular weight is 130 g/mol. The zero-order valence-corrected chi connectivity index (χ0v) is 6.07. The molecule has 0 heterocycles. The number of hydrogen-bond donors (Lipinski definition) is 0. The first-order valence-corrected chi connectivity index (χ1v) is 3.97. The van der Waals surface area contributed by atoms with Gasteiger partial charge in [-0.25, -0.2) is 4.39 Å². The fraction of sp³-hybridized carbons (Fsp3) is 1.00. The van der Waals surface area contributed by atoms with Gasteiger partial charge >= 0.3 is 0 Å². The molecule has 2 atom stereocenters. The minimum atomic E-state index is -0.483. The Hall–Kier alpha value is -0.0700. The summed E-state index contributed by atoms with van der Waals surface area (Å²) in [5, 5.41) is 0. The molecule has 0 aromatic heterocycles. The predicted octanol–water partition coefficient (Wildman–Crippen LogP) is 2.92. The molecule has 1 rings (SSSR count). The van der Waals surface area contributed by atoms with Gasteiger partial charge in [0.2, 0.25) is 0 Å². The Bertz CT molecular complexity index is 80.6. The summed E-state index contributed by atoms with van der Waals surface area (Å²) in [5.74, 6) is 0.689. The molecule has 0 spiro atoms. The van der Waals surface area contributed by atoms with E-state index in [2.05, 4.69) is 6.92 Å². The van der Waals surface area contributed by atoms with Crippen LogP contribution in [-0.4, -0.2) is 6.17 Å². The summed E-state index contributed by atoms with van der Waals surface area (Å²) in [6.45, 7) is 2.16. The first-order chi connectivity index (χ1) is 4.33. The average Bonchev–Trinajstić information content (AvgIpc) is 1.88. The molecule has 0 aromatic carbocycles. The number of hydrogen-bond acceptors (Lipinski definition) is 0. The second-order valence-electron chi connectivity index (χ2n) is 3.04. The van der Waals surface area contributed by atoms with E-state index in [9.17, 15) is 4.39 Å². The molecule has 0 N–H and O–H groups in total. The normalized spacial score (nSPS) is 36.7. The Labute approximate surface area is 56.5 Å². The van der Waals surface area contributed by atoms with E-state index in [1.165, 1.54) is 12.8 Å². The Morgan fingerprint density at radius 1 is 1.44 bits per heavy atom. The van der Waals surface area contributed by atoms with Crippen molar-refractivity contribution in [2.24, 2.45) is 5.92 Å². The van der Waals surface area contributed by atoms with Gasteiger partial charge in [0.05, 0.1) is 0 Å². The minimum absolute atomic E-state index is 0.483. The van der Waals surface area contributed by atoms with Crippen molar-refractivity contribution < 1.29 is 4.39 Å². The van der Waals surface area contributed by atoms with E-state index < -0.39 is 6.17 Å². The van der Waals surface area contributed by atoms with Crippen LogP contribution in [0.2, 0.25) is 0 Å². The van der Waals surface area contributed by atoms with E-state index in [1.54, 1.807) is 0 Å². The fourth-order valence-corrected chi connectivity index (χ4v) is 1.60. The fourth-order valence-electron chi connectivity index (χ4n) is 1.60. The lowest BCUT2D eigenvalue weighted by molar-refractivity contribution is 0.195. The van der Waals surface area contributed by atoms with Crippen molar-refractivity contribution in [3.63, 3.8) is 0 Å². The molecule has 1 aliphatic rings. The molecule has 54 valence electrons. The number of rotatable bonds is 1. The lowest BCUT2D eigenvalue weighted by Crippen LogP contribution is -2.15. The van der Waals surface area contributed by atoms with Crippen LogP contribution in [0, 0.1) is 5.92 Å². The quantitative estimate of drug-likeness (QED) is 0.512. The topological polar surface area (TPSA) is 0 Å². The SMILES string of the molecule is CC[C@@H]1CCC[C@H](F)C1. The van der Waals surface area contributed by atoms with Crippen molar-refractivity contribution >= 4 is 0 Å². The standard InChI is InChI=1S/C8H15F/c1-2-7-4-3-5-8(9)6-7/h7-8H,2-6H2,1H3/t7-,8+/m1/s1. The Balaban J connectivity index is 2.23. The summed E-state index contributed by atoms with van der Waals surface area (Å²) >= 11 is 0. The monoisotopic (exact) mass is 130 g/mol. The van der Waals surface area contributed by atoms with Crippen molar-refractivity contribution in [2.45, 2.75) is 45.2 Å². The van der Waals surface area contributed by atoms with Crippen LogP contribution < -0.4 is 0 Å². The molecule has 0 aromatic rings. The van der Waals surface area contributed by atoms with Gasteiger partial charge in [0, 0.05) is 0 Å². The van der Waals surface area contributed by atoms with E-state index >= 15 is 0 Å². The third-order valence-corrected chi connectivity index (χ3v) is 2.30. The molecular formula is C8H15F. The predicted molar refractivity (Wildman–Crippen MR) is 37.1 cm³/mol. The van der Waals surface area contributed by atoms with Crippen LogP contribution in [0.5, 0.6) is 0 Å².